The first-order valence-corrected chi connectivity index (χ1v) is 5.25. The van der Waals surface area contributed by atoms with Gasteiger partial charge >= 0.3 is 5.97 Å². The number of aliphatic carboxylic acids is 1. The first-order chi connectivity index (χ1) is 6.61. The molecule has 3 nitrogen and oxygen atoms in total. The third-order valence-electron chi connectivity index (χ3n) is 2.75. The summed E-state index contributed by atoms with van der Waals surface area (Å²) in [6.07, 6.45) is 5.89. The Kier molecular flexibility index (Phi) is 4.14. The summed E-state index contributed by atoms with van der Waals surface area (Å²) in [5.74, 6) is -0.817. The fourth-order valence-electron chi connectivity index (χ4n) is 1.93. The summed E-state index contributed by atoms with van der Waals surface area (Å²) in [5.41, 5.74) is 0.683. The Morgan fingerprint density at radius 2 is 2.00 bits per heavy atom. The second-order valence-electron chi connectivity index (χ2n) is 4.12. The maximum absolute atomic E-state index is 10.9. The Bertz CT molecular complexity index is 205. The van der Waals surface area contributed by atoms with Crippen LogP contribution >= 0.6 is 0 Å². The highest BCUT2D eigenvalue weighted by Gasteiger charge is 2.22. The lowest BCUT2D eigenvalue weighted by molar-refractivity contribution is -0.138. The Labute approximate surface area is 85.2 Å². The number of carbonyl (C=O) groups is 1. The van der Waals surface area contributed by atoms with Crippen LogP contribution < -0.4 is 5.32 Å². The van der Waals surface area contributed by atoms with E-state index >= 15 is 0 Å². The van der Waals surface area contributed by atoms with Crippen molar-refractivity contribution in [2.45, 2.75) is 51.1 Å². The van der Waals surface area contributed by atoms with Crippen LogP contribution in [0.3, 0.4) is 0 Å². The van der Waals surface area contributed by atoms with Crippen molar-refractivity contribution in [2.24, 2.45) is 0 Å². The van der Waals surface area contributed by atoms with Gasteiger partial charge in [-0.3, -0.25) is 10.1 Å². The van der Waals surface area contributed by atoms with Crippen LogP contribution in [-0.2, 0) is 4.79 Å². The Morgan fingerprint density at radius 3 is 2.43 bits per heavy atom. The van der Waals surface area contributed by atoms with E-state index in [1.165, 1.54) is 19.3 Å². The molecule has 1 atom stereocenters. The van der Waals surface area contributed by atoms with Crippen molar-refractivity contribution >= 4 is 5.97 Å². The molecular weight excluding hydrogens is 178 g/mol. The van der Waals surface area contributed by atoms with Crippen molar-refractivity contribution in [1.82, 2.24) is 5.32 Å². The standard InChI is InChI=1S/C11H19NO2/c1-8(2)10(11(13)14)12-9-6-4-3-5-7-9/h9-10,12H,1,3-7H2,2H3,(H,13,14). The minimum atomic E-state index is -0.817. The molecule has 0 saturated heterocycles. The molecule has 0 spiro atoms. The van der Waals surface area contributed by atoms with Crippen molar-refractivity contribution in [3.8, 4) is 0 Å². The van der Waals surface area contributed by atoms with E-state index in [1.807, 2.05) is 0 Å². The van der Waals surface area contributed by atoms with Crippen LogP contribution in [0.25, 0.3) is 0 Å². The number of carboxylic acid groups (broad SMARTS) is 1. The van der Waals surface area contributed by atoms with Gasteiger partial charge in [-0.1, -0.05) is 31.4 Å². The van der Waals surface area contributed by atoms with Gasteiger partial charge in [0, 0.05) is 6.04 Å². The van der Waals surface area contributed by atoms with Gasteiger partial charge in [-0.2, -0.15) is 0 Å². The van der Waals surface area contributed by atoms with Crippen LogP contribution in [0.1, 0.15) is 39.0 Å². The molecule has 0 aromatic carbocycles. The summed E-state index contributed by atoms with van der Waals surface area (Å²) in [7, 11) is 0. The van der Waals surface area contributed by atoms with E-state index < -0.39 is 12.0 Å². The molecule has 0 aliphatic heterocycles. The van der Waals surface area contributed by atoms with Gasteiger partial charge < -0.3 is 5.11 Å². The molecule has 0 aromatic rings. The number of nitrogens with one attached hydrogen (secondary N) is 1. The van der Waals surface area contributed by atoms with Crippen molar-refractivity contribution in [1.29, 1.82) is 0 Å². The number of rotatable bonds is 4. The van der Waals surface area contributed by atoms with Gasteiger partial charge in [0.25, 0.3) is 0 Å². The third-order valence-corrected chi connectivity index (χ3v) is 2.75. The number of hydrogen-bond donors (Lipinski definition) is 2. The molecular formula is C11H19NO2. The molecule has 0 radical (unpaired) electrons. The molecule has 2 N–H and O–H groups in total. The van der Waals surface area contributed by atoms with E-state index in [0.29, 0.717) is 11.6 Å². The zero-order chi connectivity index (χ0) is 10.6. The minimum Gasteiger partial charge on any atom is -0.480 e. The van der Waals surface area contributed by atoms with Gasteiger partial charge in [-0.25, -0.2) is 0 Å². The second-order valence-corrected chi connectivity index (χ2v) is 4.12. The molecule has 1 rings (SSSR count). The lowest BCUT2D eigenvalue weighted by atomic mass is 9.94. The maximum atomic E-state index is 10.9. The summed E-state index contributed by atoms with van der Waals surface area (Å²) in [6, 6.07) is -0.209. The van der Waals surface area contributed by atoms with E-state index in [0.717, 1.165) is 12.8 Å². The monoisotopic (exact) mass is 197 g/mol. The zero-order valence-corrected chi connectivity index (χ0v) is 8.75. The van der Waals surface area contributed by atoms with E-state index in [-0.39, 0.29) is 0 Å². The fraction of sp³-hybridized carbons (Fsp3) is 0.727. The van der Waals surface area contributed by atoms with Gasteiger partial charge in [0.2, 0.25) is 0 Å². The van der Waals surface area contributed by atoms with Gasteiger partial charge in [-0.05, 0) is 19.8 Å². The van der Waals surface area contributed by atoms with Crippen LogP contribution in [0.2, 0.25) is 0 Å². The fourth-order valence-corrected chi connectivity index (χ4v) is 1.93. The SMILES string of the molecule is C=C(C)C(NC1CCCCC1)C(=O)O. The topological polar surface area (TPSA) is 49.3 Å². The Balaban J connectivity index is 2.45. The average Bonchev–Trinajstić information content (AvgIpc) is 2.15. The molecule has 3 heteroatoms. The van der Waals surface area contributed by atoms with Gasteiger partial charge in [0.1, 0.15) is 6.04 Å². The first-order valence-electron chi connectivity index (χ1n) is 5.25. The van der Waals surface area contributed by atoms with E-state index in [9.17, 15) is 4.79 Å². The quantitative estimate of drug-likeness (QED) is 0.677. The molecule has 1 fully saturated rings. The van der Waals surface area contributed by atoms with Gasteiger partial charge in [-0.15, -0.1) is 0 Å². The predicted octanol–water partition coefficient (Wildman–Crippen LogP) is 1.94. The van der Waals surface area contributed by atoms with Crippen molar-refractivity contribution < 1.29 is 9.90 Å². The highest BCUT2D eigenvalue weighted by molar-refractivity contribution is 5.77. The number of carboxylic acids is 1. The smallest absolute Gasteiger partial charge is 0.324 e. The zero-order valence-electron chi connectivity index (χ0n) is 8.75. The highest BCUT2D eigenvalue weighted by atomic mass is 16.4. The Morgan fingerprint density at radius 1 is 1.43 bits per heavy atom. The highest BCUT2D eigenvalue weighted by Crippen LogP contribution is 2.18. The second kappa shape index (κ2) is 5.15. The molecule has 0 amide bonds. The van der Waals surface area contributed by atoms with Crippen LogP contribution in [-0.4, -0.2) is 23.2 Å². The molecule has 1 unspecified atom stereocenters. The van der Waals surface area contributed by atoms with Crippen LogP contribution in [0.15, 0.2) is 12.2 Å². The molecule has 1 aliphatic carbocycles. The summed E-state index contributed by atoms with van der Waals surface area (Å²) in [6.45, 7) is 5.46. The van der Waals surface area contributed by atoms with Crippen LogP contribution in [0.5, 0.6) is 0 Å². The largest absolute Gasteiger partial charge is 0.480 e. The molecule has 0 aromatic heterocycles. The van der Waals surface area contributed by atoms with E-state index in [1.54, 1.807) is 6.92 Å². The Hall–Kier alpha value is -0.830. The number of hydrogen-bond acceptors (Lipinski definition) is 2. The summed E-state index contributed by atoms with van der Waals surface area (Å²) in [4.78, 5) is 10.9. The molecule has 1 saturated carbocycles. The molecule has 1 aliphatic rings. The van der Waals surface area contributed by atoms with Crippen LogP contribution in [0.4, 0.5) is 0 Å². The van der Waals surface area contributed by atoms with Crippen molar-refractivity contribution in [2.75, 3.05) is 0 Å². The minimum absolute atomic E-state index is 0.363. The average molecular weight is 197 g/mol. The summed E-state index contributed by atoms with van der Waals surface area (Å²) < 4.78 is 0. The predicted molar refractivity (Wildman–Crippen MR) is 56.2 cm³/mol. The molecule has 14 heavy (non-hydrogen) atoms. The van der Waals surface area contributed by atoms with Gasteiger partial charge in [0.15, 0.2) is 0 Å². The molecule has 80 valence electrons. The lowest BCUT2D eigenvalue weighted by Crippen LogP contribution is -2.44. The summed E-state index contributed by atoms with van der Waals surface area (Å²) >= 11 is 0. The van der Waals surface area contributed by atoms with Gasteiger partial charge in [0.05, 0.1) is 0 Å². The molecule has 0 heterocycles. The lowest BCUT2D eigenvalue weighted by Gasteiger charge is -2.26. The normalized spacial score (nSPS) is 20.4. The van der Waals surface area contributed by atoms with E-state index in [4.69, 9.17) is 5.11 Å². The van der Waals surface area contributed by atoms with Crippen molar-refractivity contribution in [3.63, 3.8) is 0 Å². The third kappa shape index (κ3) is 3.14. The summed E-state index contributed by atoms with van der Waals surface area (Å²) in [5, 5.41) is 12.1. The maximum Gasteiger partial charge on any atom is 0.324 e. The first kappa shape index (κ1) is 11.2. The van der Waals surface area contributed by atoms with Crippen LogP contribution in [0, 0.1) is 0 Å². The van der Waals surface area contributed by atoms with E-state index in [2.05, 4.69) is 11.9 Å². The molecule has 0 bridgehead atoms. The van der Waals surface area contributed by atoms with Crippen molar-refractivity contribution in [3.05, 3.63) is 12.2 Å².